The summed E-state index contributed by atoms with van der Waals surface area (Å²) < 4.78 is 11.7. The lowest BCUT2D eigenvalue weighted by atomic mass is 10.1. The van der Waals surface area contributed by atoms with Crippen molar-refractivity contribution in [3.05, 3.63) is 72.8 Å². The summed E-state index contributed by atoms with van der Waals surface area (Å²) in [5, 5.41) is 2.79. The van der Waals surface area contributed by atoms with Crippen LogP contribution >= 0.6 is 0 Å². The second kappa shape index (κ2) is 19.0. The predicted octanol–water partition coefficient (Wildman–Crippen LogP) is 8.75. The van der Waals surface area contributed by atoms with E-state index < -0.39 is 8.32 Å². The van der Waals surface area contributed by atoms with E-state index in [1.807, 2.05) is 0 Å². The van der Waals surface area contributed by atoms with E-state index in [4.69, 9.17) is 4.43 Å². The number of allylic oxidation sites excluding steroid dienone is 2. The van der Waals surface area contributed by atoms with E-state index in [1.54, 1.807) is 0 Å². The lowest BCUT2D eigenvalue weighted by Crippen LogP contribution is -2.66. The average molecular weight is 551 g/mol. The van der Waals surface area contributed by atoms with Crippen LogP contribution in [0, 0.1) is 0 Å². The molecule has 2 aromatic rings. The number of unbranched alkanes of at least 4 members (excludes halogenated alkanes) is 11. The molecule has 39 heavy (non-hydrogen) atoms. The Hall–Kier alpha value is -2.17. The van der Waals surface area contributed by atoms with Gasteiger partial charge >= 0.3 is 5.97 Å². The molecule has 0 aromatic heterocycles. The fourth-order valence-electron chi connectivity index (χ4n) is 5.46. The molecule has 0 N–H and O–H groups in total. The van der Waals surface area contributed by atoms with E-state index >= 15 is 0 Å². The summed E-state index contributed by atoms with van der Waals surface area (Å²) in [6.45, 7) is 7.89. The zero-order valence-electron chi connectivity index (χ0n) is 25.3. The Balaban J connectivity index is 1.60. The number of hydrogen-bond donors (Lipinski definition) is 0. The van der Waals surface area contributed by atoms with Gasteiger partial charge in [-0.05, 0) is 53.9 Å². The standard InChI is InChI=1S/C35H54O3Si/c1-35(2,3)39(32-26-20-18-21-27-32,33-28-22-19-23-29-33)38-31-25-17-15-13-11-9-7-5-6-8-10-12-14-16-24-30-34(36)37-4/h5-6,18-23,26-29H,7-17,24-25,30-31H2,1-4H3/b6-5-. The first-order chi connectivity index (χ1) is 18.9. The summed E-state index contributed by atoms with van der Waals surface area (Å²) in [4.78, 5) is 11.1. The monoisotopic (exact) mass is 550 g/mol. The molecule has 4 heteroatoms. The first-order valence-corrected chi connectivity index (χ1v) is 17.3. The van der Waals surface area contributed by atoms with Crippen LogP contribution in [0.15, 0.2) is 72.8 Å². The zero-order chi connectivity index (χ0) is 28.2. The van der Waals surface area contributed by atoms with E-state index in [9.17, 15) is 4.79 Å². The fourth-order valence-corrected chi connectivity index (χ4v) is 10.1. The molecule has 216 valence electrons. The van der Waals surface area contributed by atoms with E-state index in [0.717, 1.165) is 25.9 Å². The minimum atomic E-state index is -2.39. The molecule has 2 rings (SSSR count). The Morgan fingerprint density at radius 3 is 1.56 bits per heavy atom. The van der Waals surface area contributed by atoms with Gasteiger partial charge in [-0.15, -0.1) is 0 Å². The maximum Gasteiger partial charge on any atom is 0.305 e. The molecular formula is C35H54O3Si. The zero-order valence-corrected chi connectivity index (χ0v) is 26.3. The van der Waals surface area contributed by atoms with Gasteiger partial charge in [0, 0.05) is 13.0 Å². The lowest BCUT2D eigenvalue weighted by molar-refractivity contribution is -0.140. The van der Waals surface area contributed by atoms with Gasteiger partial charge in [-0.3, -0.25) is 4.79 Å². The maximum atomic E-state index is 11.1. The van der Waals surface area contributed by atoms with Gasteiger partial charge < -0.3 is 9.16 Å². The SMILES string of the molecule is COC(=O)CCCCCCC/C=C\CCCCCCCCO[Si](c1ccccc1)(c1ccccc1)C(C)(C)C. The molecule has 0 saturated carbocycles. The van der Waals surface area contributed by atoms with Crippen molar-refractivity contribution in [3.63, 3.8) is 0 Å². The van der Waals surface area contributed by atoms with Gasteiger partial charge in [0.15, 0.2) is 0 Å². The highest BCUT2D eigenvalue weighted by Crippen LogP contribution is 2.36. The summed E-state index contributed by atoms with van der Waals surface area (Å²) in [5.41, 5.74) is 0. The second-order valence-electron chi connectivity index (χ2n) is 11.8. The Labute approximate surface area is 240 Å². The van der Waals surface area contributed by atoms with E-state index in [1.165, 1.54) is 81.7 Å². The molecule has 2 aromatic carbocycles. The molecule has 0 aliphatic heterocycles. The summed E-state index contributed by atoms with van der Waals surface area (Å²) in [7, 11) is -0.927. The van der Waals surface area contributed by atoms with E-state index in [-0.39, 0.29) is 11.0 Å². The molecule has 0 heterocycles. The third kappa shape index (κ3) is 11.8. The highest BCUT2D eigenvalue weighted by atomic mass is 28.4. The Bertz CT molecular complexity index is 878. The summed E-state index contributed by atoms with van der Waals surface area (Å²) in [5.74, 6) is -0.0849. The van der Waals surface area contributed by atoms with Gasteiger partial charge in [0.05, 0.1) is 7.11 Å². The second-order valence-corrected chi connectivity index (χ2v) is 16.1. The molecule has 0 radical (unpaired) electrons. The van der Waals surface area contributed by atoms with Crippen molar-refractivity contribution in [3.8, 4) is 0 Å². The number of hydrogen-bond acceptors (Lipinski definition) is 3. The molecule has 0 amide bonds. The van der Waals surface area contributed by atoms with Crippen molar-refractivity contribution in [1.82, 2.24) is 0 Å². The molecule has 0 aliphatic carbocycles. The number of esters is 1. The van der Waals surface area contributed by atoms with Crippen LogP contribution < -0.4 is 10.4 Å². The largest absolute Gasteiger partial charge is 0.469 e. The molecule has 0 saturated heterocycles. The Morgan fingerprint density at radius 2 is 1.10 bits per heavy atom. The van der Waals surface area contributed by atoms with Gasteiger partial charge in [0.1, 0.15) is 0 Å². The highest BCUT2D eigenvalue weighted by molar-refractivity contribution is 6.99. The van der Waals surface area contributed by atoms with Crippen molar-refractivity contribution in [1.29, 1.82) is 0 Å². The minimum Gasteiger partial charge on any atom is -0.469 e. The molecule has 0 fully saturated rings. The summed E-state index contributed by atoms with van der Waals surface area (Å²) in [6.07, 6.45) is 21.1. The number of benzene rings is 2. The fraction of sp³-hybridized carbons (Fsp3) is 0.571. The van der Waals surface area contributed by atoms with Gasteiger partial charge in [-0.2, -0.15) is 0 Å². The topological polar surface area (TPSA) is 35.5 Å². The van der Waals surface area contributed by atoms with Crippen LogP contribution in [0.25, 0.3) is 0 Å². The van der Waals surface area contributed by atoms with E-state index in [2.05, 4.69) is 98.3 Å². The van der Waals surface area contributed by atoms with Crippen LogP contribution in [0.3, 0.4) is 0 Å². The van der Waals surface area contributed by atoms with Crippen LogP contribution in [-0.2, 0) is 14.0 Å². The lowest BCUT2D eigenvalue weighted by Gasteiger charge is -2.43. The molecule has 0 aliphatic rings. The summed E-state index contributed by atoms with van der Waals surface area (Å²) in [6, 6.07) is 21.9. The molecule has 3 nitrogen and oxygen atoms in total. The van der Waals surface area contributed by atoms with Crippen molar-refractivity contribution in [2.45, 2.75) is 116 Å². The summed E-state index contributed by atoms with van der Waals surface area (Å²) >= 11 is 0. The van der Waals surface area contributed by atoms with Crippen molar-refractivity contribution >= 4 is 24.7 Å². The Kier molecular flexibility index (Phi) is 16.1. The molecule has 0 bridgehead atoms. The van der Waals surface area contributed by atoms with Crippen molar-refractivity contribution < 1.29 is 14.0 Å². The minimum absolute atomic E-state index is 0.0505. The first kappa shape index (κ1) is 33.0. The van der Waals surface area contributed by atoms with Crippen molar-refractivity contribution in [2.24, 2.45) is 0 Å². The number of ether oxygens (including phenoxy) is 1. The molecule has 0 atom stereocenters. The maximum absolute atomic E-state index is 11.1. The van der Waals surface area contributed by atoms with Crippen LogP contribution in [0.1, 0.15) is 111 Å². The third-order valence-corrected chi connectivity index (χ3v) is 12.7. The van der Waals surface area contributed by atoms with Gasteiger partial charge in [-0.1, -0.05) is 139 Å². The molecule has 0 unspecified atom stereocenters. The van der Waals surface area contributed by atoms with Crippen LogP contribution in [0.4, 0.5) is 0 Å². The van der Waals surface area contributed by atoms with Gasteiger partial charge in [-0.25, -0.2) is 0 Å². The van der Waals surface area contributed by atoms with Crippen LogP contribution in [0.2, 0.25) is 5.04 Å². The van der Waals surface area contributed by atoms with E-state index in [0.29, 0.717) is 6.42 Å². The molecule has 0 spiro atoms. The predicted molar refractivity (Wildman–Crippen MR) is 169 cm³/mol. The van der Waals surface area contributed by atoms with Crippen LogP contribution in [0.5, 0.6) is 0 Å². The Morgan fingerprint density at radius 1 is 0.667 bits per heavy atom. The van der Waals surface area contributed by atoms with Crippen LogP contribution in [-0.4, -0.2) is 28.0 Å². The molecular weight excluding hydrogens is 496 g/mol. The first-order valence-electron chi connectivity index (χ1n) is 15.4. The highest BCUT2D eigenvalue weighted by Gasteiger charge is 2.49. The van der Waals surface area contributed by atoms with Crippen molar-refractivity contribution in [2.75, 3.05) is 13.7 Å². The number of methoxy groups -OCH3 is 1. The normalized spacial score (nSPS) is 12.2. The quantitative estimate of drug-likeness (QED) is 0.0715. The number of carbonyl (C=O) groups is 1. The smallest absolute Gasteiger partial charge is 0.305 e. The van der Waals surface area contributed by atoms with Gasteiger partial charge in [0.25, 0.3) is 8.32 Å². The number of rotatable bonds is 20. The van der Waals surface area contributed by atoms with Gasteiger partial charge in [0.2, 0.25) is 0 Å². The third-order valence-electron chi connectivity index (χ3n) is 7.65. The number of carbonyl (C=O) groups excluding carboxylic acids is 1. The average Bonchev–Trinajstić information content (AvgIpc) is 2.94.